The van der Waals surface area contributed by atoms with Crippen molar-refractivity contribution >= 4 is 28.6 Å². The van der Waals surface area contributed by atoms with Gasteiger partial charge in [0.25, 0.3) is 5.56 Å². The number of carbonyl (C=O) groups is 1. The maximum atomic E-state index is 12.2. The number of carbonyl (C=O) groups excluding carboxylic acids is 1. The molecule has 6 nitrogen and oxygen atoms in total. The van der Waals surface area contributed by atoms with Crippen LogP contribution in [0.4, 0.5) is 0 Å². The number of amides is 1. The van der Waals surface area contributed by atoms with Gasteiger partial charge >= 0.3 is 0 Å². The van der Waals surface area contributed by atoms with Crippen LogP contribution in [0.2, 0.25) is 0 Å². The van der Waals surface area contributed by atoms with Crippen molar-refractivity contribution in [3.63, 3.8) is 0 Å². The van der Waals surface area contributed by atoms with Crippen molar-refractivity contribution in [2.24, 2.45) is 7.05 Å². The van der Waals surface area contributed by atoms with Gasteiger partial charge in [0.05, 0.1) is 11.3 Å². The number of thioether (sulfide) groups is 1. The lowest BCUT2D eigenvalue weighted by atomic mass is 10.2. The van der Waals surface area contributed by atoms with Crippen molar-refractivity contribution in [1.82, 2.24) is 19.7 Å². The molecule has 7 heteroatoms. The molecule has 0 radical (unpaired) electrons. The summed E-state index contributed by atoms with van der Waals surface area (Å²) in [7, 11) is 1.77. The molecule has 0 bridgehead atoms. The quantitative estimate of drug-likeness (QED) is 0.539. The largest absolute Gasteiger partial charge is 0.355 e. The second-order valence-corrected chi connectivity index (χ2v) is 8.21. The summed E-state index contributed by atoms with van der Waals surface area (Å²) < 4.78 is 1.64. The molecule has 0 unspecified atom stereocenters. The van der Waals surface area contributed by atoms with Crippen LogP contribution in [0.3, 0.4) is 0 Å². The van der Waals surface area contributed by atoms with E-state index in [1.807, 2.05) is 24.3 Å². The van der Waals surface area contributed by atoms with Crippen molar-refractivity contribution in [3.05, 3.63) is 40.7 Å². The Morgan fingerprint density at radius 3 is 2.61 bits per heavy atom. The number of nitrogens with zero attached hydrogens (tertiary/aromatic N) is 3. The number of piperazine rings is 1. The molecule has 1 aromatic carbocycles. The SMILES string of the molecule is CCN1CCN(CCCNC(=O)CSc2cc(=O)n(C)c3ccccc23)CC1. The summed E-state index contributed by atoms with van der Waals surface area (Å²) in [6, 6.07) is 9.42. The Kier molecular flexibility index (Phi) is 7.53. The fraction of sp³-hybridized carbons (Fsp3) is 0.524. The molecule has 1 N–H and O–H groups in total. The smallest absolute Gasteiger partial charge is 0.251 e. The van der Waals surface area contributed by atoms with Gasteiger partial charge in [-0.25, -0.2) is 0 Å². The van der Waals surface area contributed by atoms with Gasteiger partial charge in [-0.05, 0) is 25.6 Å². The van der Waals surface area contributed by atoms with E-state index in [9.17, 15) is 9.59 Å². The van der Waals surface area contributed by atoms with Crippen LogP contribution in [0.15, 0.2) is 40.0 Å². The van der Waals surface area contributed by atoms with E-state index in [1.165, 1.54) is 11.8 Å². The van der Waals surface area contributed by atoms with Gasteiger partial charge in [0, 0.05) is 56.1 Å². The van der Waals surface area contributed by atoms with E-state index in [2.05, 4.69) is 22.0 Å². The molecule has 28 heavy (non-hydrogen) atoms. The number of hydrogen-bond donors (Lipinski definition) is 1. The molecule has 1 saturated heterocycles. The molecule has 1 aromatic heterocycles. The maximum absolute atomic E-state index is 12.2. The number of benzene rings is 1. The summed E-state index contributed by atoms with van der Waals surface area (Å²) in [5, 5.41) is 4.01. The van der Waals surface area contributed by atoms with E-state index < -0.39 is 0 Å². The van der Waals surface area contributed by atoms with Gasteiger partial charge in [0.1, 0.15) is 0 Å². The Labute approximate surface area is 170 Å². The van der Waals surface area contributed by atoms with E-state index in [0.29, 0.717) is 12.3 Å². The van der Waals surface area contributed by atoms with Crippen LogP contribution in [0.1, 0.15) is 13.3 Å². The van der Waals surface area contributed by atoms with Crippen LogP contribution in [0, 0.1) is 0 Å². The first kappa shape index (κ1) is 20.9. The highest BCUT2D eigenvalue weighted by atomic mass is 32.2. The van der Waals surface area contributed by atoms with Crippen LogP contribution >= 0.6 is 11.8 Å². The minimum absolute atomic E-state index is 0.0190. The average Bonchev–Trinajstić information content (AvgIpc) is 2.73. The molecule has 3 rings (SSSR count). The molecular formula is C21H30N4O2S. The summed E-state index contributed by atoms with van der Waals surface area (Å²) in [5.41, 5.74) is 0.839. The Bertz CT molecular complexity index is 859. The van der Waals surface area contributed by atoms with Gasteiger partial charge in [0.2, 0.25) is 5.91 Å². The van der Waals surface area contributed by atoms with Crippen LogP contribution in [-0.2, 0) is 11.8 Å². The van der Waals surface area contributed by atoms with E-state index in [0.717, 1.165) is 61.5 Å². The number of fused-ring (bicyclic) bond motifs is 1. The third-order valence-electron chi connectivity index (χ3n) is 5.36. The first-order valence-electron chi connectivity index (χ1n) is 10.0. The molecule has 0 saturated carbocycles. The lowest BCUT2D eigenvalue weighted by Gasteiger charge is -2.33. The first-order chi connectivity index (χ1) is 13.6. The summed E-state index contributed by atoms with van der Waals surface area (Å²) in [6.45, 7) is 9.59. The molecule has 1 amide bonds. The van der Waals surface area contributed by atoms with Crippen molar-refractivity contribution in [2.45, 2.75) is 18.2 Å². The molecule has 152 valence electrons. The van der Waals surface area contributed by atoms with E-state index in [-0.39, 0.29) is 11.5 Å². The number of aryl methyl sites for hydroxylation is 1. The van der Waals surface area contributed by atoms with E-state index in [1.54, 1.807) is 17.7 Å². The second-order valence-electron chi connectivity index (χ2n) is 7.19. The minimum Gasteiger partial charge on any atom is -0.355 e. The van der Waals surface area contributed by atoms with Crippen molar-refractivity contribution in [3.8, 4) is 0 Å². The molecular weight excluding hydrogens is 372 g/mol. The third kappa shape index (κ3) is 5.37. The Balaban J connectivity index is 1.42. The number of nitrogens with one attached hydrogen (secondary N) is 1. The van der Waals surface area contributed by atoms with Gasteiger partial charge in [-0.1, -0.05) is 25.1 Å². The topological polar surface area (TPSA) is 57.6 Å². The fourth-order valence-corrected chi connectivity index (χ4v) is 4.45. The number of likely N-dealkylation sites (N-methyl/N-ethyl adjacent to an activating group) is 1. The van der Waals surface area contributed by atoms with E-state index >= 15 is 0 Å². The zero-order valence-electron chi connectivity index (χ0n) is 16.8. The average molecular weight is 403 g/mol. The predicted molar refractivity (Wildman–Crippen MR) is 116 cm³/mol. The molecule has 0 atom stereocenters. The second kappa shape index (κ2) is 10.1. The number of pyridine rings is 1. The normalized spacial score (nSPS) is 15.8. The Morgan fingerprint density at radius 1 is 1.14 bits per heavy atom. The zero-order valence-corrected chi connectivity index (χ0v) is 17.6. The maximum Gasteiger partial charge on any atom is 0.251 e. The van der Waals surface area contributed by atoms with Gasteiger partial charge < -0.3 is 19.7 Å². The Morgan fingerprint density at radius 2 is 1.86 bits per heavy atom. The van der Waals surface area contributed by atoms with Crippen molar-refractivity contribution < 1.29 is 4.79 Å². The molecule has 1 aliphatic rings. The van der Waals surface area contributed by atoms with Crippen LogP contribution in [0.5, 0.6) is 0 Å². The minimum atomic E-state index is -0.0511. The number of hydrogen-bond acceptors (Lipinski definition) is 5. The van der Waals surface area contributed by atoms with Gasteiger partial charge in [-0.2, -0.15) is 0 Å². The van der Waals surface area contributed by atoms with Gasteiger partial charge in [0.15, 0.2) is 0 Å². The number of rotatable bonds is 8. The summed E-state index contributed by atoms with van der Waals surface area (Å²) in [6.07, 6.45) is 0.970. The molecule has 1 fully saturated rings. The molecule has 2 heterocycles. The first-order valence-corrected chi connectivity index (χ1v) is 11.0. The van der Waals surface area contributed by atoms with E-state index in [4.69, 9.17) is 0 Å². The Hall–Kier alpha value is -1.83. The molecule has 2 aromatic rings. The standard InChI is InChI=1S/C21H30N4O2S/c1-3-24-11-13-25(14-12-24)10-6-9-22-20(26)16-28-19-15-21(27)23(2)18-8-5-4-7-17(18)19/h4-5,7-8,15H,3,6,9-14,16H2,1-2H3,(H,22,26). The van der Waals surface area contributed by atoms with Gasteiger partial charge in [-0.15, -0.1) is 11.8 Å². The van der Waals surface area contributed by atoms with Crippen molar-refractivity contribution in [2.75, 3.05) is 51.6 Å². The third-order valence-corrected chi connectivity index (χ3v) is 6.42. The monoisotopic (exact) mass is 402 g/mol. The summed E-state index contributed by atoms with van der Waals surface area (Å²) in [5.74, 6) is 0.345. The highest BCUT2D eigenvalue weighted by Crippen LogP contribution is 2.25. The molecule has 0 spiro atoms. The number of para-hydroxylation sites is 1. The predicted octanol–water partition coefficient (Wildman–Crippen LogP) is 1.77. The highest BCUT2D eigenvalue weighted by Gasteiger charge is 2.15. The van der Waals surface area contributed by atoms with Crippen LogP contribution < -0.4 is 10.9 Å². The lowest BCUT2D eigenvalue weighted by Crippen LogP contribution is -2.46. The van der Waals surface area contributed by atoms with Gasteiger partial charge in [-0.3, -0.25) is 9.59 Å². The fourth-order valence-electron chi connectivity index (χ4n) is 3.55. The molecule has 1 aliphatic heterocycles. The highest BCUT2D eigenvalue weighted by molar-refractivity contribution is 8.00. The number of aromatic nitrogens is 1. The zero-order chi connectivity index (χ0) is 19.9. The van der Waals surface area contributed by atoms with Crippen LogP contribution in [0.25, 0.3) is 10.9 Å². The van der Waals surface area contributed by atoms with Crippen LogP contribution in [-0.4, -0.2) is 71.8 Å². The van der Waals surface area contributed by atoms with Crippen molar-refractivity contribution in [1.29, 1.82) is 0 Å². The lowest BCUT2D eigenvalue weighted by molar-refractivity contribution is -0.118. The molecule has 0 aliphatic carbocycles. The summed E-state index contributed by atoms with van der Waals surface area (Å²) >= 11 is 1.43. The summed E-state index contributed by atoms with van der Waals surface area (Å²) in [4.78, 5) is 30.1.